The van der Waals surface area contributed by atoms with Gasteiger partial charge in [0.15, 0.2) is 0 Å². The molecule has 4 heteroatoms. The number of ether oxygens (including phenoxy) is 1. The van der Waals surface area contributed by atoms with Crippen molar-refractivity contribution in [3.05, 3.63) is 29.3 Å². The van der Waals surface area contributed by atoms with E-state index < -0.39 is 5.97 Å². The largest absolute Gasteiger partial charge is 0.478 e. The molecule has 0 atom stereocenters. The van der Waals surface area contributed by atoms with Crippen LogP contribution in [0.2, 0.25) is 0 Å². The molecule has 1 N–H and O–H groups in total. The summed E-state index contributed by atoms with van der Waals surface area (Å²) in [4.78, 5) is 13.1. The smallest absolute Gasteiger partial charge is 0.335 e. The number of hydrogen-bond donors (Lipinski definition) is 1. The summed E-state index contributed by atoms with van der Waals surface area (Å²) in [5.74, 6) is -0.876. The van der Waals surface area contributed by atoms with E-state index in [-0.39, 0.29) is 0 Å². The molecule has 0 radical (unpaired) electrons. The highest BCUT2D eigenvalue weighted by molar-refractivity contribution is 5.88. The van der Waals surface area contributed by atoms with Crippen LogP contribution in [-0.4, -0.2) is 37.4 Å². The van der Waals surface area contributed by atoms with Crippen LogP contribution in [0.5, 0.6) is 0 Å². The topological polar surface area (TPSA) is 49.8 Å². The molecule has 1 aliphatic rings. The molecule has 1 aliphatic heterocycles. The van der Waals surface area contributed by atoms with E-state index in [0.717, 1.165) is 44.0 Å². The Morgan fingerprint density at radius 2 is 2.18 bits per heavy atom. The number of aryl methyl sites for hydroxylation is 1. The summed E-state index contributed by atoms with van der Waals surface area (Å²) in [5, 5.41) is 8.92. The Kier molecular flexibility index (Phi) is 3.64. The van der Waals surface area contributed by atoms with Gasteiger partial charge in [-0.05, 0) is 37.1 Å². The first-order valence-corrected chi connectivity index (χ1v) is 5.85. The SMILES string of the molecule is Cc1cc(C(=O)O)ccc1N1CCCOCC1. The van der Waals surface area contributed by atoms with Gasteiger partial charge in [-0.15, -0.1) is 0 Å². The number of carboxylic acid groups (broad SMARTS) is 1. The molecule has 92 valence electrons. The number of benzene rings is 1. The number of aromatic carboxylic acids is 1. The summed E-state index contributed by atoms with van der Waals surface area (Å²) < 4.78 is 5.41. The molecule has 2 rings (SSSR count). The van der Waals surface area contributed by atoms with Gasteiger partial charge in [-0.1, -0.05) is 0 Å². The van der Waals surface area contributed by atoms with Crippen molar-refractivity contribution in [2.24, 2.45) is 0 Å². The van der Waals surface area contributed by atoms with E-state index in [1.165, 1.54) is 0 Å². The molecule has 1 saturated heterocycles. The van der Waals surface area contributed by atoms with Crippen LogP contribution in [0.1, 0.15) is 22.3 Å². The second kappa shape index (κ2) is 5.19. The number of rotatable bonds is 2. The Balaban J connectivity index is 2.22. The van der Waals surface area contributed by atoms with Gasteiger partial charge in [0.05, 0.1) is 12.2 Å². The van der Waals surface area contributed by atoms with Gasteiger partial charge >= 0.3 is 5.97 Å². The molecule has 0 bridgehead atoms. The van der Waals surface area contributed by atoms with Crippen molar-refractivity contribution in [1.82, 2.24) is 0 Å². The van der Waals surface area contributed by atoms with Gasteiger partial charge in [-0.3, -0.25) is 0 Å². The van der Waals surface area contributed by atoms with Gasteiger partial charge in [-0.2, -0.15) is 0 Å². The summed E-state index contributed by atoms with van der Waals surface area (Å²) in [6.45, 7) is 5.33. The number of carboxylic acids is 1. The highest BCUT2D eigenvalue weighted by Gasteiger charge is 2.13. The third-order valence-electron chi connectivity index (χ3n) is 3.01. The molecule has 17 heavy (non-hydrogen) atoms. The van der Waals surface area contributed by atoms with Gasteiger partial charge in [0.1, 0.15) is 0 Å². The summed E-state index contributed by atoms with van der Waals surface area (Å²) in [7, 11) is 0. The molecule has 4 nitrogen and oxygen atoms in total. The second-order valence-electron chi connectivity index (χ2n) is 4.26. The highest BCUT2D eigenvalue weighted by atomic mass is 16.5. The predicted molar refractivity (Wildman–Crippen MR) is 65.8 cm³/mol. The molecule has 0 aliphatic carbocycles. The number of nitrogens with zero attached hydrogens (tertiary/aromatic N) is 1. The van der Waals surface area contributed by atoms with Gasteiger partial charge < -0.3 is 14.7 Å². The molecule has 1 aromatic carbocycles. The molecule has 0 unspecified atom stereocenters. The lowest BCUT2D eigenvalue weighted by atomic mass is 10.1. The van der Waals surface area contributed by atoms with E-state index in [0.29, 0.717) is 5.56 Å². The van der Waals surface area contributed by atoms with Crippen LogP contribution in [0.15, 0.2) is 18.2 Å². The minimum Gasteiger partial charge on any atom is -0.478 e. The Morgan fingerprint density at radius 1 is 1.35 bits per heavy atom. The predicted octanol–water partition coefficient (Wildman–Crippen LogP) is 1.92. The molecule has 0 spiro atoms. The molecule has 1 aromatic rings. The maximum absolute atomic E-state index is 10.9. The van der Waals surface area contributed by atoms with Crippen LogP contribution in [0.4, 0.5) is 5.69 Å². The third kappa shape index (κ3) is 2.77. The first kappa shape index (κ1) is 11.9. The number of carbonyl (C=O) groups is 1. The monoisotopic (exact) mass is 235 g/mol. The number of anilines is 1. The Morgan fingerprint density at radius 3 is 2.88 bits per heavy atom. The average Bonchev–Trinajstić information content (AvgIpc) is 2.57. The second-order valence-corrected chi connectivity index (χ2v) is 4.26. The average molecular weight is 235 g/mol. The normalized spacial score (nSPS) is 16.6. The van der Waals surface area contributed by atoms with E-state index >= 15 is 0 Å². The lowest BCUT2D eigenvalue weighted by molar-refractivity contribution is 0.0697. The summed E-state index contributed by atoms with van der Waals surface area (Å²) in [6.07, 6.45) is 1.01. The summed E-state index contributed by atoms with van der Waals surface area (Å²) in [6, 6.07) is 5.28. The maximum Gasteiger partial charge on any atom is 0.335 e. The zero-order valence-electron chi connectivity index (χ0n) is 9.98. The minimum atomic E-state index is -0.876. The van der Waals surface area contributed by atoms with Gasteiger partial charge in [0.2, 0.25) is 0 Å². The van der Waals surface area contributed by atoms with Gasteiger partial charge in [0, 0.05) is 25.4 Å². The van der Waals surface area contributed by atoms with Crippen LogP contribution >= 0.6 is 0 Å². The van der Waals surface area contributed by atoms with Crippen molar-refractivity contribution in [3.8, 4) is 0 Å². The minimum absolute atomic E-state index is 0.345. The quantitative estimate of drug-likeness (QED) is 0.850. The van der Waals surface area contributed by atoms with E-state index in [4.69, 9.17) is 9.84 Å². The Hall–Kier alpha value is -1.55. The Bertz CT molecular complexity index is 409. The molecule has 1 fully saturated rings. The van der Waals surface area contributed by atoms with Gasteiger partial charge in [0.25, 0.3) is 0 Å². The van der Waals surface area contributed by atoms with Crippen molar-refractivity contribution in [1.29, 1.82) is 0 Å². The van der Waals surface area contributed by atoms with Crippen LogP contribution in [-0.2, 0) is 4.74 Å². The Labute approximate surface area is 101 Å². The van der Waals surface area contributed by atoms with Gasteiger partial charge in [-0.25, -0.2) is 4.79 Å². The summed E-state index contributed by atoms with van der Waals surface area (Å²) >= 11 is 0. The fraction of sp³-hybridized carbons (Fsp3) is 0.462. The fourth-order valence-corrected chi connectivity index (χ4v) is 2.13. The van der Waals surface area contributed by atoms with Crippen molar-refractivity contribution in [2.75, 3.05) is 31.2 Å². The van der Waals surface area contributed by atoms with E-state index in [1.807, 2.05) is 13.0 Å². The zero-order chi connectivity index (χ0) is 12.3. The third-order valence-corrected chi connectivity index (χ3v) is 3.01. The van der Waals surface area contributed by atoms with Crippen LogP contribution in [0.25, 0.3) is 0 Å². The van der Waals surface area contributed by atoms with Crippen molar-refractivity contribution in [2.45, 2.75) is 13.3 Å². The van der Waals surface area contributed by atoms with Crippen molar-refractivity contribution < 1.29 is 14.6 Å². The molecule has 1 heterocycles. The molecule has 0 saturated carbocycles. The first-order chi connectivity index (χ1) is 8.18. The lowest BCUT2D eigenvalue weighted by Gasteiger charge is -2.24. The molecule has 0 amide bonds. The zero-order valence-corrected chi connectivity index (χ0v) is 9.98. The molecule has 0 aromatic heterocycles. The van der Waals surface area contributed by atoms with Crippen LogP contribution in [0, 0.1) is 6.92 Å². The standard InChI is InChI=1S/C13H17NO3/c1-10-9-11(13(15)16)3-4-12(10)14-5-2-7-17-8-6-14/h3-4,9H,2,5-8H2,1H3,(H,15,16). The van der Waals surface area contributed by atoms with E-state index in [9.17, 15) is 4.79 Å². The number of hydrogen-bond acceptors (Lipinski definition) is 3. The molecular formula is C13H17NO3. The van der Waals surface area contributed by atoms with Crippen LogP contribution < -0.4 is 4.90 Å². The molecular weight excluding hydrogens is 218 g/mol. The first-order valence-electron chi connectivity index (χ1n) is 5.85. The van der Waals surface area contributed by atoms with Crippen molar-refractivity contribution in [3.63, 3.8) is 0 Å². The lowest BCUT2D eigenvalue weighted by Crippen LogP contribution is -2.26. The maximum atomic E-state index is 10.9. The fourth-order valence-electron chi connectivity index (χ4n) is 2.13. The van der Waals surface area contributed by atoms with E-state index in [1.54, 1.807) is 12.1 Å². The summed E-state index contributed by atoms with van der Waals surface area (Å²) in [5.41, 5.74) is 2.46. The van der Waals surface area contributed by atoms with E-state index in [2.05, 4.69) is 4.90 Å². The van der Waals surface area contributed by atoms with Crippen molar-refractivity contribution >= 4 is 11.7 Å². The highest BCUT2D eigenvalue weighted by Crippen LogP contribution is 2.22. The van der Waals surface area contributed by atoms with Crippen LogP contribution in [0.3, 0.4) is 0 Å².